The van der Waals surface area contributed by atoms with E-state index in [0.717, 1.165) is 0 Å². The first kappa shape index (κ1) is 12.5. The molecule has 0 bridgehead atoms. The zero-order valence-electron chi connectivity index (χ0n) is 8.53. The number of hydrogen-bond acceptors (Lipinski definition) is 2. The van der Waals surface area contributed by atoms with Crippen LogP contribution in [0.5, 0.6) is 0 Å². The van der Waals surface area contributed by atoms with E-state index >= 15 is 0 Å². The van der Waals surface area contributed by atoms with Gasteiger partial charge in [-0.15, -0.1) is 0 Å². The highest BCUT2D eigenvalue weighted by atomic mass is 19.4. The molecule has 0 aromatic carbocycles. The maximum absolute atomic E-state index is 12.4. The standard InChI is InChI=1S/C9H11F3N2O2/c1-2-7-13-3-4-14(7)5-6(8(15)16)9(10,11)12/h3-4,6H,2,5H2,1H3,(H,15,16). The predicted octanol–water partition coefficient (Wildman–Crippen LogP) is 1.71. The number of carboxylic acid groups (broad SMARTS) is 1. The van der Waals surface area contributed by atoms with Crippen molar-refractivity contribution < 1.29 is 23.1 Å². The molecule has 7 heteroatoms. The maximum atomic E-state index is 12.4. The van der Waals surface area contributed by atoms with Crippen LogP contribution in [0.1, 0.15) is 12.7 Å². The number of hydrogen-bond donors (Lipinski definition) is 1. The van der Waals surface area contributed by atoms with E-state index in [2.05, 4.69) is 4.98 Å². The van der Waals surface area contributed by atoms with Crippen molar-refractivity contribution in [1.82, 2.24) is 9.55 Å². The molecule has 1 heterocycles. The molecule has 4 nitrogen and oxygen atoms in total. The minimum absolute atomic E-state index is 0.440. The van der Waals surface area contributed by atoms with E-state index in [1.807, 2.05) is 0 Å². The molecule has 1 rings (SSSR count). The van der Waals surface area contributed by atoms with Gasteiger partial charge in [0.05, 0.1) is 0 Å². The average Bonchev–Trinajstić information content (AvgIpc) is 2.58. The Morgan fingerprint density at radius 3 is 2.69 bits per heavy atom. The summed E-state index contributed by atoms with van der Waals surface area (Å²) in [5.74, 6) is -3.83. The fraction of sp³-hybridized carbons (Fsp3) is 0.556. The Bertz CT molecular complexity index is 373. The zero-order valence-corrected chi connectivity index (χ0v) is 8.53. The Kier molecular flexibility index (Phi) is 3.56. The smallest absolute Gasteiger partial charge is 0.403 e. The van der Waals surface area contributed by atoms with E-state index in [1.54, 1.807) is 6.92 Å². The normalized spacial score (nSPS) is 13.8. The number of aromatic nitrogens is 2. The topological polar surface area (TPSA) is 55.1 Å². The van der Waals surface area contributed by atoms with Crippen molar-refractivity contribution in [3.8, 4) is 0 Å². The van der Waals surface area contributed by atoms with Crippen LogP contribution in [0.15, 0.2) is 12.4 Å². The summed E-state index contributed by atoms with van der Waals surface area (Å²) >= 11 is 0. The highest BCUT2D eigenvalue weighted by Gasteiger charge is 2.45. The Morgan fingerprint density at radius 1 is 1.62 bits per heavy atom. The second-order valence-electron chi connectivity index (χ2n) is 3.28. The van der Waals surface area contributed by atoms with Crippen molar-refractivity contribution in [1.29, 1.82) is 0 Å². The molecule has 1 aromatic rings. The Hall–Kier alpha value is -1.53. The first-order valence-electron chi connectivity index (χ1n) is 4.65. The minimum atomic E-state index is -4.75. The Morgan fingerprint density at radius 2 is 2.25 bits per heavy atom. The van der Waals surface area contributed by atoms with Gasteiger partial charge in [0.1, 0.15) is 5.82 Å². The molecule has 1 atom stereocenters. The van der Waals surface area contributed by atoms with Gasteiger partial charge >= 0.3 is 12.1 Å². The maximum Gasteiger partial charge on any atom is 0.403 e. The summed E-state index contributed by atoms with van der Waals surface area (Å²) in [4.78, 5) is 14.4. The summed E-state index contributed by atoms with van der Waals surface area (Å²) in [6.07, 6.45) is -1.59. The highest BCUT2D eigenvalue weighted by molar-refractivity contribution is 5.70. The molecule has 90 valence electrons. The summed E-state index contributed by atoms with van der Waals surface area (Å²) in [5.41, 5.74) is 0. The van der Waals surface area contributed by atoms with Crippen molar-refractivity contribution >= 4 is 5.97 Å². The number of imidazole rings is 1. The van der Waals surface area contributed by atoms with Crippen LogP contribution in [0.25, 0.3) is 0 Å². The quantitative estimate of drug-likeness (QED) is 0.865. The summed E-state index contributed by atoms with van der Waals surface area (Å²) in [6.45, 7) is 1.10. The number of carboxylic acids is 1. The van der Waals surface area contributed by atoms with Gasteiger partial charge in [-0.2, -0.15) is 13.2 Å². The van der Waals surface area contributed by atoms with Crippen LogP contribution in [0, 0.1) is 5.92 Å². The van der Waals surface area contributed by atoms with Gasteiger partial charge < -0.3 is 9.67 Å². The second kappa shape index (κ2) is 4.54. The summed E-state index contributed by atoms with van der Waals surface area (Å²) in [6, 6.07) is 0. The first-order valence-corrected chi connectivity index (χ1v) is 4.65. The number of aliphatic carboxylic acids is 1. The fourth-order valence-electron chi connectivity index (χ4n) is 1.34. The van der Waals surface area contributed by atoms with Gasteiger partial charge in [0.2, 0.25) is 0 Å². The first-order chi connectivity index (χ1) is 7.36. The monoisotopic (exact) mass is 236 g/mol. The number of nitrogens with zero attached hydrogens (tertiary/aromatic N) is 2. The van der Waals surface area contributed by atoms with Crippen molar-refractivity contribution in [3.63, 3.8) is 0 Å². The second-order valence-corrected chi connectivity index (χ2v) is 3.28. The highest BCUT2D eigenvalue weighted by Crippen LogP contribution is 2.28. The Balaban J connectivity index is 2.89. The number of alkyl halides is 3. The number of carbonyl (C=O) groups is 1. The lowest BCUT2D eigenvalue weighted by molar-refractivity contribution is -0.196. The molecule has 0 spiro atoms. The molecule has 0 fully saturated rings. The zero-order chi connectivity index (χ0) is 12.3. The molecule has 0 radical (unpaired) electrons. The molecule has 0 saturated heterocycles. The van der Waals surface area contributed by atoms with E-state index in [0.29, 0.717) is 12.2 Å². The third kappa shape index (κ3) is 2.74. The average molecular weight is 236 g/mol. The van der Waals surface area contributed by atoms with E-state index in [1.165, 1.54) is 17.0 Å². The van der Waals surface area contributed by atoms with Crippen LogP contribution in [0.2, 0.25) is 0 Å². The van der Waals surface area contributed by atoms with E-state index in [4.69, 9.17) is 5.11 Å². The van der Waals surface area contributed by atoms with Gasteiger partial charge in [-0.05, 0) is 0 Å². The molecular formula is C9H11F3N2O2. The molecular weight excluding hydrogens is 225 g/mol. The third-order valence-corrected chi connectivity index (χ3v) is 2.19. The molecule has 1 N–H and O–H groups in total. The lowest BCUT2D eigenvalue weighted by Crippen LogP contribution is -2.34. The van der Waals surface area contributed by atoms with Crippen LogP contribution in [-0.2, 0) is 17.8 Å². The number of rotatable bonds is 4. The number of halogens is 3. The lowest BCUT2D eigenvalue weighted by Gasteiger charge is -2.17. The third-order valence-electron chi connectivity index (χ3n) is 2.19. The summed E-state index contributed by atoms with van der Waals surface area (Å²) in [5, 5.41) is 8.52. The molecule has 0 aliphatic heterocycles. The van der Waals surface area contributed by atoms with E-state index in [-0.39, 0.29) is 0 Å². The molecule has 0 amide bonds. The van der Waals surface area contributed by atoms with Crippen molar-refractivity contribution in [2.75, 3.05) is 0 Å². The molecule has 0 aliphatic carbocycles. The van der Waals surface area contributed by atoms with Crippen molar-refractivity contribution in [2.45, 2.75) is 26.1 Å². The minimum Gasteiger partial charge on any atom is -0.481 e. The molecule has 1 aromatic heterocycles. The van der Waals surface area contributed by atoms with Crippen LogP contribution >= 0.6 is 0 Å². The van der Waals surface area contributed by atoms with Crippen molar-refractivity contribution in [3.05, 3.63) is 18.2 Å². The van der Waals surface area contributed by atoms with Gasteiger partial charge in [-0.3, -0.25) is 4.79 Å². The van der Waals surface area contributed by atoms with E-state index < -0.39 is 24.6 Å². The fourth-order valence-corrected chi connectivity index (χ4v) is 1.34. The molecule has 16 heavy (non-hydrogen) atoms. The van der Waals surface area contributed by atoms with Gasteiger partial charge in [0.15, 0.2) is 5.92 Å². The lowest BCUT2D eigenvalue weighted by atomic mass is 10.1. The van der Waals surface area contributed by atoms with E-state index in [9.17, 15) is 18.0 Å². The van der Waals surface area contributed by atoms with Crippen LogP contribution in [0.4, 0.5) is 13.2 Å². The summed E-state index contributed by atoms with van der Waals surface area (Å²) in [7, 11) is 0. The molecule has 0 aliphatic rings. The van der Waals surface area contributed by atoms with Crippen LogP contribution in [0.3, 0.4) is 0 Å². The largest absolute Gasteiger partial charge is 0.481 e. The van der Waals surface area contributed by atoms with Crippen LogP contribution in [-0.4, -0.2) is 26.8 Å². The SMILES string of the molecule is CCc1nccn1CC(C(=O)O)C(F)(F)F. The van der Waals surface area contributed by atoms with Gasteiger partial charge in [-0.25, -0.2) is 4.98 Å². The van der Waals surface area contributed by atoms with Gasteiger partial charge in [0.25, 0.3) is 0 Å². The predicted molar refractivity (Wildman–Crippen MR) is 48.8 cm³/mol. The van der Waals surface area contributed by atoms with Crippen LogP contribution < -0.4 is 0 Å². The van der Waals surface area contributed by atoms with Gasteiger partial charge in [0, 0.05) is 25.4 Å². The molecule has 1 unspecified atom stereocenters. The molecule has 0 saturated carbocycles. The van der Waals surface area contributed by atoms with Crippen molar-refractivity contribution in [2.24, 2.45) is 5.92 Å². The Labute approximate surface area is 89.7 Å². The van der Waals surface area contributed by atoms with Gasteiger partial charge in [-0.1, -0.05) is 6.92 Å². The summed E-state index contributed by atoms with van der Waals surface area (Å²) < 4.78 is 38.4. The number of aryl methyl sites for hydroxylation is 1.